The summed E-state index contributed by atoms with van der Waals surface area (Å²) in [6.07, 6.45) is -2.12. The zero-order valence-electron chi connectivity index (χ0n) is 12.0. The molecule has 0 radical (unpaired) electrons. The second kappa shape index (κ2) is 6.00. The summed E-state index contributed by atoms with van der Waals surface area (Å²) in [4.78, 5) is 3.86. The summed E-state index contributed by atoms with van der Waals surface area (Å²) in [6.45, 7) is 0. The predicted octanol–water partition coefficient (Wildman–Crippen LogP) is 3.14. The van der Waals surface area contributed by atoms with Crippen LogP contribution in [0.4, 0.5) is 13.2 Å². The minimum absolute atomic E-state index is 0.161. The maximum atomic E-state index is 13.5. The van der Waals surface area contributed by atoms with Crippen molar-refractivity contribution >= 4 is 10.9 Å². The van der Waals surface area contributed by atoms with Crippen LogP contribution in [0.1, 0.15) is 11.6 Å². The molecule has 4 nitrogen and oxygen atoms in total. The highest BCUT2D eigenvalue weighted by Gasteiger charge is 2.46. The maximum absolute atomic E-state index is 13.5. The van der Waals surface area contributed by atoms with E-state index in [1.807, 2.05) is 0 Å². The van der Waals surface area contributed by atoms with Gasteiger partial charge in [-0.1, -0.05) is 24.3 Å². The fourth-order valence-electron chi connectivity index (χ4n) is 2.61. The molecule has 0 amide bonds. The minimum Gasteiger partial charge on any atom is -0.390 e. The van der Waals surface area contributed by atoms with Crippen LogP contribution < -0.4 is 0 Å². The monoisotopic (exact) mass is 321 g/mol. The fourth-order valence-corrected chi connectivity index (χ4v) is 2.61. The first kappa shape index (κ1) is 15.5. The fraction of sp³-hybridized carbons (Fsp3) is 0.250. The topological polar surface area (TPSA) is 50.9 Å². The highest BCUT2D eigenvalue weighted by atomic mass is 19.4. The Morgan fingerprint density at radius 3 is 2.57 bits per heavy atom. The quantitative estimate of drug-likeness (QED) is 0.803. The van der Waals surface area contributed by atoms with Crippen molar-refractivity contribution in [2.45, 2.75) is 24.7 Å². The van der Waals surface area contributed by atoms with Gasteiger partial charge in [0.2, 0.25) is 0 Å². The molecule has 2 heterocycles. The molecule has 2 unspecified atom stereocenters. The first-order chi connectivity index (χ1) is 11.0. The van der Waals surface area contributed by atoms with E-state index in [9.17, 15) is 18.3 Å². The number of rotatable bonds is 4. The number of nitrogens with zero attached hydrogens (tertiary/aromatic N) is 3. The third-order valence-electron chi connectivity index (χ3n) is 3.64. The summed E-state index contributed by atoms with van der Waals surface area (Å²) in [5.41, 5.74) is 0.866. The van der Waals surface area contributed by atoms with Crippen molar-refractivity contribution < 1.29 is 18.3 Å². The van der Waals surface area contributed by atoms with Crippen LogP contribution in [0.2, 0.25) is 0 Å². The van der Waals surface area contributed by atoms with Crippen LogP contribution >= 0.6 is 0 Å². The van der Waals surface area contributed by atoms with Crippen molar-refractivity contribution in [2.24, 2.45) is 0 Å². The van der Waals surface area contributed by atoms with E-state index in [0.717, 1.165) is 4.68 Å². The molecule has 0 fully saturated rings. The lowest BCUT2D eigenvalue weighted by molar-refractivity contribution is -0.193. The Kier molecular flexibility index (Phi) is 4.04. The molecule has 0 bridgehead atoms. The number of fused-ring (bicyclic) bond motifs is 1. The van der Waals surface area contributed by atoms with Gasteiger partial charge in [0.05, 0.1) is 17.8 Å². The van der Waals surface area contributed by atoms with Gasteiger partial charge in [-0.2, -0.15) is 18.3 Å². The van der Waals surface area contributed by atoms with E-state index in [0.29, 0.717) is 16.5 Å². The number of halogens is 3. The molecule has 2 aromatic heterocycles. The summed E-state index contributed by atoms with van der Waals surface area (Å²) in [5, 5.41) is 14.7. The Morgan fingerprint density at radius 1 is 1.09 bits per heavy atom. The number of aliphatic hydroxyl groups excluding tert-OH is 1. The Bertz CT molecular complexity index is 786. The molecule has 0 saturated carbocycles. The summed E-state index contributed by atoms with van der Waals surface area (Å²) >= 11 is 0. The normalized spacial score (nSPS) is 14.8. The van der Waals surface area contributed by atoms with Crippen LogP contribution in [0.5, 0.6) is 0 Å². The zero-order chi connectivity index (χ0) is 16.4. The standard InChI is InChI=1S/C16H14F3N3O/c17-16(18,19)15(14(23)8-11-4-3-7-20-9-11)22-13-6-2-1-5-12(13)10-21-22/h1-7,9-10,14-15,23H,8H2. The second-order valence-electron chi connectivity index (χ2n) is 5.27. The van der Waals surface area contributed by atoms with Gasteiger partial charge in [0, 0.05) is 24.2 Å². The summed E-state index contributed by atoms with van der Waals surface area (Å²) in [6, 6.07) is 7.73. The smallest absolute Gasteiger partial charge is 0.390 e. The molecule has 3 rings (SSSR count). The molecule has 0 aliphatic heterocycles. The average molecular weight is 321 g/mol. The van der Waals surface area contributed by atoms with Gasteiger partial charge in [0.15, 0.2) is 6.04 Å². The molecule has 2 atom stereocenters. The summed E-state index contributed by atoms with van der Waals surface area (Å²) in [5.74, 6) is 0. The lowest BCUT2D eigenvalue weighted by Gasteiger charge is -2.26. The molecule has 7 heteroatoms. The lowest BCUT2D eigenvalue weighted by Crippen LogP contribution is -2.38. The van der Waals surface area contributed by atoms with E-state index in [1.165, 1.54) is 18.6 Å². The number of benzene rings is 1. The molecule has 1 N–H and O–H groups in total. The summed E-state index contributed by atoms with van der Waals surface area (Å²) < 4.78 is 41.4. The van der Waals surface area contributed by atoms with Crippen molar-refractivity contribution in [3.8, 4) is 0 Å². The molecule has 0 spiro atoms. The Balaban J connectivity index is 1.98. The second-order valence-corrected chi connectivity index (χ2v) is 5.27. The molecular weight excluding hydrogens is 307 g/mol. The molecule has 0 aliphatic carbocycles. The molecule has 1 aromatic carbocycles. The first-order valence-corrected chi connectivity index (χ1v) is 7.03. The van der Waals surface area contributed by atoms with Gasteiger partial charge in [-0.25, -0.2) is 4.68 Å². The van der Waals surface area contributed by atoms with Gasteiger partial charge < -0.3 is 5.11 Å². The van der Waals surface area contributed by atoms with Crippen molar-refractivity contribution in [3.05, 3.63) is 60.6 Å². The van der Waals surface area contributed by atoms with E-state index in [4.69, 9.17) is 0 Å². The highest BCUT2D eigenvalue weighted by Crippen LogP contribution is 2.36. The van der Waals surface area contributed by atoms with Crippen LogP contribution in [0.3, 0.4) is 0 Å². The van der Waals surface area contributed by atoms with Gasteiger partial charge in [-0.15, -0.1) is 0 Å². The van der Waals surface area contributed by atoms with Gasteiger partial charge in [-0.3, -0.25) is 4.98 Å². The number of aromatic nitrogens is 3. The minimum atomic E-state index is -4.63. The van der Waals surface area contributed by atoms with Gasteiger partial charge >= 0.3 is 6.18 Å². The van der Waals surface area contributed by atoms with Gasteiger partial charge in [0.1, 0.15) is 0 Å². The van der Waals surface area contributed by atoms with Crippen LogP contribution in [-0.2, 0) is 6.42 Å². The van der Waals surface area contributed by atoms with Crippen LogP contribution in [0.15, 0.2) is 55.0 Å². The number of hydrogen-bond donors (Lipinski definition) is 1. The molecule has 23 heavy (non-hydrogen) atoms. The summed E-state index contributed by atoms with van der Waals surface area (Å²) in [7, 11) is 0. The number of pyridine rings is 1. The lowest BCUT2D eigenvalue weighted by atomic mass is 10.0. The van der Waals surface area contributed by atoms with Crippen molar-refractivity contribution in [1.82, 2.24) is 14.8 Å². The van der Waals surface area contributed by atoms with E-state index < -0.39 is 18.3 Å². The van der Waals surface area contributed by atoms with Crippen LogP contribution in [0.25, 0.3) is 10.9 Å². The predicted molar refractivity (Wildman–Crippen MR) is 78.8 cm³/mol. The average Bonchev–Trinajstić information content (AvgIpc) is 2.91. The Morgan fingerprint density at radius 2 is 1.87 bits per heavy atom. The largest absolute Gasteiger partial charge is 0.413 e. The number of hydrogen-bond acceptors (Lipinski definition) is 3. The van der Waals surface area contributed by atoms with Crippen molar-refractivity contribution in [1.29, 1.82) is 0 Å². The van der Waals surface area contributed by atoms with E-state index in [1.54, 1.807) is 36.4 Å². The maximum Gasteiger partial charge on any atom is 0.413 e. The Hall–Kier alpha value is -2.41. The molecular formula is C16H14F3N3O. The molecule has 120 valence electrons. The van der Waals surface area contributed by atoms with Crippen LogP contribution in [-0.4, -0.2) is 32.2 Å². The number of aliphatic hydroxyl groups is 1. The van der Waals surface area contributed by atoms with E-state index in [2.05, 4.69) is 10.1 Å². The third-order valence-corrected chi connectivity index (χ3v) is 3.64. The first-order valence-electron chi connectivity index (χ1n) is 7.03. The van der Waals surface area contributed by atoms with Crippen LogP contribution in [0, 0.1) is 0 Å². The Labute approximate surface area is 130 Å². The third kappa shape index (κ3) is 3.19. The van der Waals surface area contributed by atoms with Crippen molar-refractivity contribution in [2.75, 3.05) is 0 Å². The zero-order valence-corrected chi connectivity index (χ0v) is 12.0. The molecule has 0 aliphatic rings. The molecule has 3 aromatic rings. The SMILES string of the molecule is OC(Cc1cccnc1)C(n1ncc2ccccc21)C(F)(F)F. The van der Waals surface area contributed by atoms with Gasteiger partial charge in [-0.05, 0) is 17.7 Å². The number of alkyl halides is 3. The van der Waals surface area contributed by atoms with E-state index >= 15 is 0 Å². The highest BCUT2D eigenvalue weighted by molar-refractivity contribution is 5.78. The van der Waals surface area contributed by atoms with Gasteiger partial charge in [0.25, 0.3) is 0 Å². The van der Waals surface area contributed by atoms with Crippen molar-refractivity contribution in [3.63, 3.8) is 0 Å². The number of para-hydroxylation sites is 1. The molecule has 0 saturated heterocycles. The van der Waals surface area contributed by atoms with E-state index in [-0.39, 0.29) is 6.42 Å².